The molecular weight excluding hydrogens is 428 g/mol. The van der Waals surface area contributed by atoms with Gasteiger partial charge in [-0.1, -0.05) is 16.9 Å². The fourth-order valence-electron chi connectivity index (χ4n) is 2.74. The van der Waals surface area contributed by atoms with E-state index in [1.807, 2.05) is 6.07 Å². The Morgan fingerprint density at radius 1 is 1.29 bits per heavy atom. The molecule has 0 aromatic heterocycles. The Labute approximate surface area is 183 Å². The van der Waals surface area contributed by atoms with E-state index in [2.05, 4.69) is 9.89 Å². The lowest BCUT2D eigenvalue weighted by Crippen LogP contribution is -2.27. The topological polar surface area (TPSA) is 113 Å². The Kier molecular flexibility index (Phi) is 7.76. The first kappa shape index (κ1) is 22.5. The zero-order valence-electron chi connectivity index (χ0n) is 17.1. The molecule has 1 amide bonds. The van der Waals surface area contributed by atoms with Crippen molar-refractivity contribution in [2.75, 3.05) is 39.4 Å². The highest BCUT2D eigenvalue weighted by Gasteiger charge is 2.27. The summed E-state index contributed by atoms with van der Waals surface area (Å²) >= 11 is 1.26. The molecule has 2 aliphatic rings. The van der Waals surface area contributed by atoms with Crippen LogP contribution in [0.3, 0.4) is 0 Å². The van der Waals surface area contributed by atoms with Gasteiger partial charge in [0.05, 0.1) is 36.3 Å². The predicted molar refractivity (Wildman–Crippen MR) is 111 cm³/mol. The quantitative estimate of drug-likeness (QED) is 0.182. The van der Waals surface area contributed by atoms with Gasteiger partial charge in [-0.25, -0.2) is 9.59 Å². The molecule has 10 nitrogen and oxygen atoms in total. The molecule has 2 aliphatic heterocycles. The molecule has 31 heavy (non-hydrogen) atoms. The average Bonchev–Trinajstić information content (AvgIpc) is 3.37. The number of esters is 2. The minimum atomic E-state index is -0.574. The van der Waals surface area contributed by atoms with Crippen molar-refractivity contribution >= 4 is 35.3 Å². The molecule has 2 heterocycles. The lowest BCUT2D eigenvalue weighted by atomic mass is 10.1. The van der Waals surface area contributed by atoms with Gasteiger partial charge in [-0.05, 0) is 31.5 Å². The van der Waals surface area contributed by atoms with Gasteiger partial charge in [0.15, 0.2) is 11.5 Å². The van der Waals surface area contributed by atoms with Crippen molar-refractivity contribution in [1.29, 1.82) is 0 Å². The maximum Gasteiger partial charge on any atom is 0.347 e. The molecule has 0 aliphatic carbocycles. The number of hydrogen-bond acceptors (Lipinski definition) is 10. The number of thioether (sulfide) groups is 1. The van der Waals surface area contributed by atoms with E-state index in [9.17, 15) is 14.4 Å². The van der Waals surface area contributed by atoms with E-state index in [4.69, 9.17) is 19.0 Å². The molecule has 1 aromatic rings. The molecule has 0 bridgehead atoms. The number of rotatable bonds is 9. The molecule has 1 saturated heterocycles. The average molecular weight is 450 g/mol. The standard InChI is InChI=1S/C20H22N2O8S/c1-13(14-4-5-15-16(8-14)29-12-28-15)21-30-10-20(25)27-7-3-6-22-17(23)11-31-18(22)9-19(24)26-2/h4-5,8-9H,3,6-7,10-12H2,1-2H3/b18-9+,21-13-. The summed E-state index contributed by atoms with van der Waals surface area (Å²) in [5, 5.41) is 4.45. The van der Waals surface area contributed by atoms with Gasteiger partial charge in [0.2, 0.25) is 19.3 Å². The second-order valence-electron chi connectivity index (χ2n) is 6.43. The van der Waals surface area contributed by atoms with Crippen molar-refractivity contribution < 1.29 is 38.2 Å². The van der Waals surface area contributed by atoms with Crippen LogP contribution in [0.15, 0.2) is 34.5 Å². The Morgan fingerprint density at radius 2 is 2.10 bits per heavy atom. The third-order valence-corrected chi connectivity index (χ3v) is 5.34. The number of amides is 1. The van der Waals surface area contributed by atoms with Crippen LogP contribution in [0.5, 0.6) is 11.5 Å². The van der Waals surface area contributed by atoms with E-state index in [-0.39, 0.29) is 31.7 Å². The van der Waals surface area contributed by atoms with Gasteiger partial charge < -0.3 is 28.7 Å². The third kappa shape index (κ3) is 6.14. The van der Waals surface area contributed by atoms with Gasteiger partial charge in [-0.3, -0.25) is 4.79 Å². The van der Waals surface area contributed by atoms with Crippen LogP contribution in [0.25, 0.3) is 0 Å². The van der Waals surface area contributed by atoms with E-state index < -0.39 is 11.9 Å². The van der Waals surface area contributed by atoms with Crippen LogP contribution >= 0.6 is 11.8 Å². The van der Waals surface area contributed by atoms with E-state index in [1.54, 1.807) is 19.1 Å². The fourth-order valence-corrected chi connectivity index (χ4v) is 3.69. The van der Waals surface area contributed by atoms with E-state index in [0.29, 0.717) is 35.2 Å². The highest BCUT2D eigenvalue weighted by molar-refractivity contribution is 8.04. The monoisotopic (exact) mass is 450 g/mol. The summed E-state index contributed by atoms with van der Waals surface area (Å²) in [4.78, 5) is 41.6. The first-order valence-corrected chi connectivity index (χ1v) is 10.4. The molecule has 166 valence electrons. The molecule has 1 aromatic carbocycles. The third-order valence-electron chi connectivity index (χ3n) is 4.32. The first-order chi connectivity index (χ1) is 15.0. The Morgan fingerprint density at radius 3 is 2.90 bits per heavy atom. The van der Waals surface area contributed by atoms with Crippen molar-refractivity contribution in [3.8, 4) is 11.5 Å². The van der Waals surface area contributed by atoms with Gasteiger partial charge in [-0.15, -0.1) is 0 Å². The van der Waals surface area contributed by atoms with E-state index in [1.165, 1.54) is 29.8 Å². The second-order valence-corrected chi connectivity index (χ2v) is 7.43. The Balaban J connectivity index is 1.37. The minimum Gasteiger partial charge on any atom is -0.466 e. The fraction of sp³-hybridized carbons (Fsp3) is 0.400. The number of fused-ring (bicyclic) bond motifs is 1. The minimum absolute atomic E-state index is 0.104. The molecule has 3 rings (SSSR count). The number of benzene rings is 1. The Bertz CT molecular complexity index is 914. The maximum absolute atomic E-state index is 11.9. The van der Waals surface area contributed by atoms with Crippen LogP contribution in [0.4, 0.5) is 0 Å². The largest absolute Gasteiger partial charge is 0.466 e. The smallest absolute Gasteiger partial charge is 0.347 e. The van der Waals surface area contributed by atoms with Crippen LogP contribution < -0.4 is 9.47 Å². The molecule has 0 radical (unpaired) electrons. The maximum atomic E-state index is 11.9. The zero-order valence-corrected chi connectivity index (χ0v) is 17.9. The molecule has 0 atom stereocenters. The van der Waals surface area contributed by atoms with Crippen molar-refractivity contribution in [2.24, 2.45) is 5.16 Å². The lowest BCUT2D eigenvalue weighted by molar-refractivity contribution is -0.149. The summed E-state index contributed by atoms with van der Waals surface area (Å²) < 4.78 is 20.3. The van der Waals surface area contributed by atoms with Crippen molar-refractivity contribution in [3.05, 3.63) is 34.9 Å². The van der Waals surface area contributed by atoms with Crippen LogP contribution in [0.1, 0.15) is 18.9 Å². The van der Waals surface area contributed by atoms with Gasteiger partial charge >= 0.3 is 11.9 Å². The summed E-state index contributed by atoms with van der Waals surface area (Å²) in [6.45, 7) is 2.02. The summed E-state index contributed by atoms with van der Waals surface area (Å²) in [6, 6.07) is 5.37. The number of nitrogens with zero attached hydrogens (tertiary/aromatic N) is 2. The molecule has 0 N–H and O–H groups in total. The zero-order chi connectivity index (χ0) is 22.2. The van der Waals surface area contributed by atoms with E-state index >= 15 is 0 Å². The number of carbonyl (C=O) groups is 3. The molecule has 1 fully saturated rings. The molecule has 11 heteroatoms. The number of methoxy groups -OCH3 is 1. The highest BCUT2D eigenvalue weighted by atomic mass is 32.2. The van der Waals surface area contributed by atoms with Crippen molar-refractivity contribution in [1.82, 2.24) is 4.90 Å². The second kappa shape index (κ2) is 10.7. The van der Waals surface area contributed by atoms with Gasteiger partial charge in [0, 0.05) is 12.1 Å². The SMILES string of the molecule is COC(=O)/C=C1/SCC(=O)N1CCCOC(=O)CO/N=C(/C)c1ccc2c(c1)OCO2. The van der Waals surface area contributed by atoms with Gasteiger partial charge in [0.25, 0.3) is 0 Å². The lowest BCUT2D eigenvalue weighted by Gasteiger charge is -2.16. The normalized spacial score (nSPS) is 16.6. The molecule has 0 saturated carbocycles. The first-order valence-electron chi connectivity index (χ1n) is 9.43. The van der Waals surface area contributed by atoms with Gasteiger partial charge in [0.1, 0.15) is 0 Å². The van der Waals surface area contributed by atoms with Crippen molar-refractivity contribution in [3.63, 3.8) is 0 Å². The molecule has 0 unspecified atom stereocenters. The summed E-state index contributed by atoms with van der Waals surface area (Å²) in [6.07, 6.45) is 1.69. The number of carbonyl (C=O) groups excluding carboxylic acids is 3. The summed E-state index contributed by atoms with van der Waals surface area (Å²) in [7, 11) is 1.27. The van der Waals surface area contributed by atoms with Crippen LogP contribution in [0, 0.1) is 0 Å². The molecular formula is C20H22N2O8S. The number of ether oxygens (including phenoxy) is 4. The van der Waals surface area contributed by atoms with E-state index in [0.717, 1.165) is 5.56 Å². The highest BCUT2D eigenvalue weighted by Crippen LogP contribution is 2.32. The predicted octanol–water partition coefficient (Wildman–Crippen LogP) is 1.68. The molecule has 0 spiro atoms. The van der Waals surface area contributed by atoms with Crippen LogP contribution in [-0.2, 0) is 28.7 Å². The summed E-state index contributed by atoms with van der Waals surface area (Å²) in [5.74, 6) is 0.353. The number of oxime groups is 1. The van der Waals surface area contributed by atoms with Crippen molar-refractivity contribution in [2.45, 2.75) is 13.3 Å². The van der Waals surface area contributed by atoms with Crippen LogP contribution in [-0.4, -0.2) is 67.9 Å². The van der Waals surface area contributed by atoms with Gasteiger partial charge in [-0.2, -0.15) is 0 Å². The number of hydrogen-bond donors (Lipinski definition) is 0. The Hall–Kier alpha value is -3.21. The summed E-state index contributed by atoms with van der Waals surface area (Å²) in [5.41, 5.74) is 1.35. The van der Waals surface area contributed by atoms with Crippen LogP contribution in [0.2, 0.25) is 0 Å².